The smallest absolute Gasteiger partial charge is 0.294 e. The Kier molecular flexibility index (Phi) is 3.87. The molecule has 5 nitrogen and oxygen atoms in total. The summed E-state index contributed by atoms with van der Waals surface area (Å²) < 4.78 is 0. The zero-order valence-corrected chi connectivity index (χ0v) is 7.63. The predicted molar refractivity (Wildman–Crippen MR) is 51.1 cm³/mol. The SMILES string of the molecule is N[C@H](CO[N+](=O)[O-])Cc1ccccc1. The summed E-state index contributed by atoms with van der Waals surface area (Å²) in [6, 6.07) is 9.20. The van der Waals surface area contributed by atoms with Gasteiger partial charge in [0.05, 0.1) is 0 Å². The summed E-state index contributed by atoms with van der Waals surface area (Å²) in [4.78, 5) is 14.1. The topological polar surface area (TPSA) is 78.4 Å². The molecule has 0 amide bonds. The Hall–Kier alpha value is -1.62. The first kappa shape index (κ1) is 10.5. The molecule has 0 aliphatic heterocycles. The molecule has 1 atom stereocenters. The average Bonchev–Trinajstić information content (AvgIpc) is 2.16. The van der Waals surface area contributed by atoms with Crippen LogP contribution < -0.4 is 5.73 Å². The van der Waals surface area contributed by atoms with Crippen LogP contribution in [0.1, 0.15) is 5.56 Å². The summed E-state index contributed by atoms with van der Waals surface area (Å²) >= 11 is 0. The highest BCUT2D eigenvalue weighted by Crippen LogP contribution is 2.01. The molecular formula is C9H12N2O3. The van der Waals surface area contributed by atoms with Gasteiger partial charge in [-0.25, -0.2) is 0 Å². The molecule has 0 aliphatic rings. The molecule has 0 radical (unpaired) electrons. The third-order valence-electron chi connectivity index (χ3n) is 1.73. The predicted octanol–water partition coefficient (Wildman–Crippen LogP) is 0.765. The molecule has 0 heterocycles. The minimum atomic E-state index is -0.829. The van der Waals surface area contributed by atoms with Crippen LogP contribution in [0, 0.1) is 10.1 Å². The van der Waals surface area contributed by atoms with Gasteiger partial charge in [0.25, 0.3) is 5.09 Å². The summed E-state index contributed by atoms with van der Waals surface area (Å²) in [5, 5.41) is 9.06. The fraction of sp³-hybridized carbons (Fsp3) is 0.333. The van der Waals surface area contributed by atoms with Gasteiger partial charge in [-0.1, -0.05) is 30.3 Å². The number of rotatable bonds is 5. The maximum Gasteiger partial charge on any atom is 0.294 e. The van der Waals surface area contributed by atoms with Crippen molar-refractivity contribution in [2.24, 2.45) is 5.73 Å². The number of hydrogen-bond acceptors (Lipinski definition) is 4. The molecule has 0 spiro atoms. The summed E-state index contributed by atoms with van der Waals surface area (Å²) in [7, 11) is 0. The number of hydrogen-bond donors (Lipinski definition) is 1. The molecule has 5 heteroatoms. The lowest BCUT2D eigenvalue weighted by atomic mass is 10.1. The van der Waals surface area contributed by atoms with Crippen molar-refractivity contribution < 1.29 is 9.92 Å². The van der Waals surface area contributed by atoms with Crippen LogP contribution in [0.5, 0.6) is 0 Å². The van der Waals surface area contributed by atoms with Crippen molar-refractivity contribution in [1.29, 1.82) is 0 Å². The van der Waals surface area contributed by atoms with E-state index in [1.807, 2.05) is 30.3 Å². The lowest BCUT2D eigenvalue weighted by Gasteiger charge is -2.09. The van der Waals surface area contributed by atoms with Crippen LogP contribution in [-0.2, 0) is 11.3 Å². The molecule has 0 aromatic heterocycles. The molecule has 76 valence electrons. The van der Waals surface area contributed by atoms with Gasteiger partial charge < -0.3 is 10.6 Å². The third kappa shape index (κ3) is 3.86. The molecule has 0 aliphatic carbocycles. The highest BCUT2D eigenvalue weighted by molar-refractivity contribution is 5.15. The molecule has 0 saturated carbocycles. The van der Waals surface area contributed by atoms with Gasteiger partial charge in [-0.2, -0.15) is 0 Å². The van der Waals surface area contributed by atoms with E-state index in [1.165, 1.54) is 0 Å². The molecule has 14 heavy (non-hydrogen) atoms. The molecule has 0 unspecified atom stereocenters. The highest BCUT2D eigenvalue weighted by atomic mass is 16.9. The maximum atomic E-state index is 9.88. The second kappa shape index (κ2) is 5.18. The van der Waals surface area contributed by atoms with Crippen molar-refractivity contribution in [2.75, 3.05) is 6.61 Å². The fourth-order valence-electron chi connectivity index (χ4n) is 1.13. The standard InChI is InChI=1S/C9H12N2O3/c10-9(7-14-11(12)13)6-8-4-2-1-3-5-8/h1-5,9H,6-7,10H2/t9-/m0/s1. The Balaban J connectivity index is 2.34. The minimum Gasteiger partial charge on any atom is -0.326 e. The van der Waals surface area contributed by atoms with Crippen molar-refractivity contribution in [3.63, 3.8) is 0 Å². The Morgan fingerprint density at radius 1 is 1.43 bits per heavy atom. The van der Waals surface area contributed by atoms with E-state index in [0.29, 0.717) is 6.42 Å². The van der Waals surface area contributed by atoms with Crippen molar-refractivity contribution in [3.8, 4) is 0 Å². The fourth-order valence-corrected chi connectivity index (χ4v) is 1.13. The van der Waals surface area contributed by atoms with E-state index >= 15 is 0 Å². The lowest BCUT2D eigenvalue weighted by molar-refractivity contribution is -0.758. The molecule has 2 N–H and O–H groups in total. The Morgan fingerprint density at radius 2 is 2.07 bits per heavy atom. The van der Waals surface area contributed by atoms with Crippen LogP contribution in [0.15, 0.2) is 30.3 Å². The third-order valence-corrected chi connectivity index (χ3v) is 1.73. The molecule has 0 saturated heterocycles. The molecule has 1 rings (SSSR count). The lowest BCUT2D eigenvalue weighted by Crippen LogP contribution is -2.29. The monoisotopic (exact) mass is 196 g/mol. The summed E-state index contributed by atoms with van der Waals surface area (Å²) in [5.41, 5.74) is 6.67. The van der Waals surface area contributed by atoms with E-state index in [-0.39, 0.29) is 12.6 Å². The van der Waals surface area contributed by atoms with Crippen molar-refractivity contribution in [1.82, 2.24) is 0 Å². The highest BCUT2D eigenvalue weighted by Gasteiger charge is 2.05. The van der Waals surface area contributed by atoms with E-state index in [1.54, 1.807) is 0 Å². The summed E-state index contributed by atoms with van der Waals surface area (Å²) in [6.07, 6.45) is 0.578. The first-order valence-corrected chi connectivity index (χ1v) is 4.25. The first-order chi connectivity index (χ1) is 6.68. The van der Waals surface area contributed by atoms with Gasteiger partial charge in [0.2, 0.25) is 0 Å². The quantitative estimate of drug-likeness (QED) is 0.557. The number of benzene rings is 1. The Bertz CT molecular complexity index is 289. The van der Waals surface area contributed by atoms with E-state index in [9.17, 15) is 10.1 Å². The Labute approximate surface area is 81.6 Å². The molecule has 0 bridgehead atoms. The average molecular weight is 196 g/mol. The van der Waals surface area contributed by atoms with Gasteiger partial charge in [-0.05, 0) is 12.0 Å². The van der Waals surface area contributed by atoms with E-state index in [4.69, 9.17) is 5.73 Å². The van der Waals surface area contributed by atoms with Crippen LogP contribution in [-0.4, -0.2) is 17.7 Å². The van der Waals surface area contributed by atoms with Crippen molar-refractivity contribution in [2.45, 2.75) is 12.5 Å². The zero-order chi connectivity index (χ0) is 10.4. The van der Waals surface area contributed by atoms with Crippen molar-refractivity contribution in [3.05, 3.63) is 46.0 Å². The number of nitrogens with two attached hydrogens (primary N) is 1. The molecule has 1 aromatic rings. The van der Waals surface area contributed by atoms with Crippen LogP contribution in [0.2, 0.25) is 0 Å². The number of nitrogens with zero attached hydrogens (tertiary/aromatic N) is 1. The zero-order valence-electron chi connectivity index (χ0n) is 7.63. The van der Waals surface area contributed by atoms with E-state index in [0.717, 1.165) is 5.56 Å². The van der Waals surface area contributed by atoms with Crippen LogP contribution >= 0.6 is 0 Å². The van der Waals surface area contributed by atoms with Crippen molar-refractivity contribution >= 4 is 0 Å². The van der Waals surface area contributed by atoms with E-state index in [2.05, 4.69) is 4.84 Å². The summed E-state index contributed by atoms with van der Waals surface area (Å²) in [5.74, 6) is 0. The van der Waals surface area contributed by atoms with Gasteiger partial charge in [0.1, 0.15) is 6.61 Å². The largest absolute Gasteiger partial charge is 0.326 e. The molecule has 1 aromatic carbocycles. The van der Waals surface area contributed by atoms with Crippen LogP contribution in [0.25, 0.3) is 0 Å². The van der Waals surface area contributed by atoms with E-state index < -0.39 is 5.09 Å². The van der Waals surface area contributed by atoms with Gasteiger partial charge in [-0.15, -0.1) is 10.1 Å². The van der Waals surface area contributed by atoms with Crippen LogP contribution in [0.4, 0.5) is 0 Å². The first-order valence-electron chi connectivity index (χ1n) is 4.25. The second-order valence-corrected chi connectivity index (χ2v) is 2.97. The van der Waals surface area contributed by atoms with Gasteiger partial charge >= 0.3 is 0 Å². The molecule has 0 fully saturated rings. The minimum absolute atomic E-state index is 0.0676. The van der Waals surface area contributed by atoms with Crippen LogP contribution in [0.3, 0.4) is 0 Å². The van der Waals surface area contributed by atoms with Gasteiger partial charge in [0.15, 0.2) is 0 Å². The summed E-state index contributed by atoms with van der Waals surface area (Å²) in [6.45, 7) is -0.0676. The second-order valence-electron chi connectivity index (χ2n) is 2.97. The Morgan fingerprint density at radius 3 is 2.64 bits per heavy atom. The van der Waals surface area contributed by atoms with Gasteiger partial charge in [-0.3, -0.25) is 0 Å². The normalized spacial score (nSPS) is 12.1. The maximum absolute atomic E-state index is 9.88. The molecular weight excluding hydrogens is 184 g/mol. The van der Waals surface area contributed by atoms with Gasteiger partial charge in [0, 0.05) is 6.04 Å².